The van der Waals surface area contributed by atoms with Gasteiger partial charge < -0.3 is 9.47 Å². The van der Waals surface area contributed by atoms with Crippen molar-refractivity contribution in [1.82, 2.24) is 4.98 Å². The lowest BCUT2D eigenvalue weighted by Gasteiger charge is -2.14. The first-order valence-corrected chi connectivity index (χ1v) is 8.46. The van der Waals surface area contributed by atoms with Crippen molar-refractivity contribution in [1.29, 1.82) is 5.26 Å². The molecular weight excluding hydrogens is 359 g/mol. The van der Waals surface area contributed by atoms with Gasteiger partial charge in [0, 0.05) is 12.6 Å². The average molecular weight is 376 g/mol. The number of rotatable bonds is 5. The minimum absolute atomic E-state index is 0.190. The molecule has 0 bridgehead atoms. The van der Waals surface area contributed by atoms with Crippen LogP contribution in [0.2, 0.25) is 0 Å². The van der Waals surface area contributed by atoms with Gasteiger partial charge in [-0.3, -0.25) is 0 Å². The van der Waals surface area contributed by atoms with E-state index in [9.17, 15) is 4.79 Å². The Morgan fingerprint density at radius 1 is 1.18 bits per heavy atom. The van der Waals surface area contributed by atoms with Crippen LogP contribution in [0.15, 0.2) is 54.7 Å². The van der Waals surface area contributed by atoms with Gasteiger partial charge in [-0.15, -0.1) is 0 Å². The molecule has 0 aliphatic rings. The molecule has 3 rings (SSSR count). The number of ether oxygens (including phenoxy) is 2. The van der Waals surface area contributed by atoms with Crippen LogP contribution in [0.5, 0.6) is 5.75 Å². The molecule has 0 fully saturated rings. The highest BCUT2D eigenvalue weighted by Crippen LogP contribution is 2.35. The Morgan fingerprint density at radius 3 is 2.64 bits per heavy atom. The van der Waals surface area contributed by atoms with Crippen LogP contribution in [0, 0.1) is 17.1 Å². The zero-order valence-electron chi connectivity index (χ0n) is 15.4. The van der Waals surface area contributed by atoms with Crippen molar-refractivity contribution in [2.24, 2.45) is 0 Å². The Bertz CT molecular complexity index is 1060. The Labute approximate surface area is 162 Å². The molecule has 0 unspecified atom stereocenters. The molecule has 0 spiro atoms. The van der Waals surface area contributed by atoms with Crippen LogP contribution in [-0.2, 0) is 11.2 Å². The number of nitrogens with zero attached hydrogens (tertiary/aromatic N) is 2. The molecule has 2 aromatic carbocycles. The second kappa shape index (κ2) is 8.31. The first kappa shape index (κ1) is 19.1. The van der Waals surface area contributed by atoms with Gasteiger partial charge in [0.1, 0.15) is 17.3 Å². The fourth-order valence-electron chi connectivity index (χ4n) is 2.90. The van der Waals surface area contributed by atoms with E-state index in [1.807, 2.05) is 0 Å². The fraction of sp³-hybridized carbons (Fsp3) is 0.136. The largest absolute Gasteiger partial charge is 0.496 e. The van der Waals surface area contributed by atoms with E-state index in [1.54, 1.807) is 48.5 Å². The van der Waals surface area contributed by atoms with E-state index in [0.29, 0.717) is 28.0 Å². The fourth-order valence-corrected chi connectivity index (χ4v) is 2.90. The van der Waals surface area contributed by atoms with Crippen LogP contribution in [0.25, 0.3) is 11.1 Å². The van der Waals surface area contributed by atoms with Crippen LogP contribution in [0.4, 0.5) is 4.39 Å². The van der Waals surface area contributed by atoms with Crippen LogP contribution < -0.4 is 4.74 Å². The summed E-state index contributed by atoms with van der Waals surface area (Å²) >= 11 is 0. The summed E-state index contributed by atoms with van der Waals surface area (Å²) < 4.78 is 25.3. The normalized spacial score (nSPS) is 10.2. The summed E-state index contributed by atoms with van der Waals surface area (Å²) in [5.41, 5.74) is 2.69. The summed E-state index contributed by atoms with van der Waals surface area (Å²) in [4.78, 5) is 15.5. The molecule has 6 heteroatoms. The summed E-state index contributed by atoms with van der Waals surface area (Å²) in [5.74, 6) is -0.566. The number of esters is 1. The van der Waals surface area contributed by atoms with Gasteiger partial charge in [0.15, 0.2) is 0 Å². The van der Waals surface area contributed by atoms with Gasteiger partial charge >= 0.3 is 5.97 Å². The molecule has 0 N–H and O–H groups in total. The molecule has 1 aromatic heterocycles. The lowest BCUT2D eigenvalue weighted by molar-refractivity contribution is 0.0594. The zero-order chi connectivity index (χ0) is 20.1. The number of benzene rings is 2. The molecule has 0 radical (unpaired) electrons. The molecular formula is C22H17FN2O3. The predicted octanol–water partition coefficient (Wildman–Crippen LogP) is 4.15. The highest BCUT2D eigenvalue weighted by atomic mass is 19.1. The number of halogens is 1. The summed E-state index contributed by atoms with van der Waals surface area (Å²) in [6.07, 6.45) is 1.81. The molecule has 0 atom stereocenters. The monoisotopic (exact) mass is 376 g/mol. The van der Waals surface area contributed by atoms with Crippen LogP contribution in [0.1, 0.15) is 27.2 Å². The molecule has 0 saturated carbocycles. The summed E-state index contributed by atoms with van der Waals surface area (Å²) in [6.45, 7) is 0. The third-order valence-electron chi connectivity index (χ3n) is 4.30. The minimum atomic E-state index is -0.526. The predicted molar refractivity (Wildman–Crippen MR) is 101 cm³/mol. The number of hydrogen-bond donors (Lipinski definition) is 0. The van der Waals surface area contributed by atoms with Gasteiger partial charge in [0.2, 0.25) is 0 Å². The van der Waals surface area contributed by atoms with Crippen molar-refractivity contribution < 1.29 is 18.7 Å². The Hall–Kier alpha value is -3.72. The highest BCUT2D eigenvalue weighted by molar-refractivity contribution is 5.87. The minimum Gasteiger partial charge on any atom is -0.496 e. The Balaban J connectivity index is 1.99. The number of carbonyl (C=O) groups excluding carboxylic acids is 1. The molecule has 3 aromatic rings. The standard InChI is InChI=1S/C22H17FN2O3/c1-27-19-9-7-17(11-15-6-8-18(25-13-15)22(26)28-2)21(23)20(19)16-5-3-4-14(10-16)12-24/h3-10,13H,11H2,1-2H3. The molecule has 0 aliphatic carbocycles. The third-order valence-corrected chi connectivity index (χ3v) is 4.30. The van der Waals surface area contributed by atoms with Crippen molar-refractivity contribution >= 4 is 5.97 Å². The quantitative estimate of drug-likeness (QED) is 0.626. The van der Waals surface area contributed by atoms with E-state index in [4.69, 9.17) is 10.00 Å². The maximum absolute atomic E-state index is 15.3. The number of aromatic nitrogens is 1. The van der Waals surface area contributed by atoms with Gasteiger partial charge in [-0.2, -0.15) is 5.26 Å². The molecule has 5 nitrogen and oxygen atoms in total. The molecule has 0 saturated heterocycles. The Morgan fingerprint density at radius 2 is 2.00 bits per heavy atom. The molecule has 28 heavy (non-hydrogen) atoms. The second-order valence-electron chi connectivity index (χ2n) is 6.03. The smallest absolute Gasteiger partial charge is 0.356 e. The second-order valence-corrected chi connectivity index (χ2v) is 6.03. The van der Waals surface area contributed by atoms with Gasteiger partial charge in [0.25, 0.3) is 0 Å². The first-order chi connectivity index (χ1) is 13.6. The Kier molecular flexibility index (Phi) is 5.66. The van der Waals surface area contributed by atoms with Crippen molar-refractivity contribution in [3.8, 4) is 22.9 Å². The van der Waals surface area contributed by atoms with Gasteiger partial charge in [-0.05, 0) is 41.0 Å². The lowest BCUT2D eigenvalue weighted by atomic mass is 9.96. The molecule has 1 heterocycles. The van der Waals surface area contributed by atoms with Crippen LogP contribution >= 0.6 is 0 Å². The van der Waals surface area contributed by atoms with Crippen molar-refractivity contribution in [2.75, 3.05) is 14.2 Å². The number of pyridine rings is 1. The number of hydrogen-bond acceptors (Lipinski definition) is 5. The van der Waals surface area contributed by atoms with Crippen molar-refractivity contribution in [2.45, 2.75) is 6.42 Å². The van der Waals surface area contributed by atoms with E-state index in [2.05, 4.69) is 15.8 Å². The summed E-state index contributed by atoms with van der Waals surface area (Å²) in [5, 5.41) is 9.12. The van der Waals surface area contributed by atoms with Gasteiger partial charge in [-0.1, -0.05) is 24.3 Å². The summed E-state index contributed by atoms with van der Waals surface area (Å²) in [6, 6.07) is 15.4. The van der Waals surface area contributed by atoms with E-state index >= 15 is 4.39 Å². The summed E-state index contributed by atoms with van der Waals surface area (Å²) in [7, 11) is 2.76. The van der Waals surface area contributed by atoms with E-state index in [-0.39, 0.29) is 12.1 Å². The number of carbonyl (C=O) groups is 1. The van der Waals surface area contributed by atoms with Gasteiger partial charge in [0.05, 0.1) is 31.4 Å². The van der Waals surface area contributed by atoms with E-state index in [1.165, 1.54) is 20.4 Å². The van der Waals surface area contributed by atoms with Crippen molar-refractivity contribution in [3.05, 3.63) is 82.9 Å². The van der Waals surface area contributed by atoms with Gasteiger partial charge in [-0.25, -0.2) is 14.2 Å². The molecule has 0 amide bonds. The van der Waals surface area contributed by atoms with Crippen molar-refractivity contribution in [3.63, 3.8) is 0 Å². The van der Waals surface area contributed by atoms with E-state index in [0.717, 1.165) is 5.56 Å². The molecule has 140 valence electrons. The SMILES string of the molecule is COC(=O)c1ccc(Cc2ccc(OC)c(-c3cccc(C#N)c3)c2F)cn1. The highest BCUT2D eigenvalue weighted by Gasteiger charge is 2.17. The van der Waals surface area contributed by atoms with Crippen LogP contribution in [0.3, 0.4) is 0 Å². The topological polar surface area (TPSA) is 72.2 Å². The molecule has 0 aliphatic heterocycles. The first-order valence-electron chi connectivity index (χ1n) is 8.46. The maximum atomic E-state index is 15.3. The number of nitriles is 1. The lowest BCUT2D eigenvalue weighted by Crippen LogP contribution is -2.04. The maximum Gasteiger partial charge on any atom is 0.356 e. The zero-order valence-corrected chi connectivity index (χ0v) is 15.4. The van der Waals surface area contributed by atoms with E-state index < -0.39 is 11.8 Å². The average Bonchev–Trinajstić information content (AvgIpc) is 2.74. The number of methoxy groups -OCH3 is 2. The third kappa shape index (κ3) is 3.84. The van der Waals surface area contributed by atoms with Crippen LogP contribution in [-0.4, -0.2) is 25.2 Å².